The minimum Gasteiger partial charge on any atom is -0.364 e. The van der Waals surface area contributed by atoms with Crippen LogP contribution in [0.3, 0.4) is 0 Å². The predicted octanol–water partition coefficient (Wildman–Crippen LogP) is 4.12. The first-order chi connectivity index (χ1) is 9.23. The van der Waals surface area contributed by atoms with Crippen LogP contribution >= 0.6 is 11.6 Å². The monoisotopic (exact) mass is 268 g/mol. The number of hydrogen-bond acceptors (Lipinski definition) is 2. The number of nitriles is 1. The molecule has 0 aliphatic heterocycles. The summed E-state index contributed by atoms with van der Waals surface area (Å²) in [5.74, 6) is 0. The molecule has 1 aliphatic rings. The second-order valence-electron chi connectivity index (χ2n) is 4.81. The van der Waals surface area contributed by atoms with Crippen LogP contribution in [0.2, 0.25) is 5.02 Å². The Bertz CT molecular complexity index is 643. The average molecular weight is 269 g/mol. The molecular formula is C16H13ClN2. The van der Waals surface area contributed by atoms with Gasteiger partial charge in [0.2, 0.25) is 0 Å². The standard InChI is InChI=1S/C16H13ClN2/c17-13-5-7-14(8-6-13)19-16(11-18)10-9-12-3-1-2-4-15(12)16/h1-8,19H,9-10H2. The second-order valence-corrected chi connectivity index (χ2v) is 5.24. The van der Waals surface area contributed by atoms with Gasteiger partial charge in [-0.25, -0.2) is 0 Å². The third-order valence-corrected chi connectivity index (χ3v) is 3.89. The normalized spacial score (nSPS) is 20.6. The Labute approximate surface area is 117 Å². The van der Waals surface area contributed by atoms with Gasteiger partial charge in [-0.05, 0) is 48.2 Å². The lowest BCUT2D eigenvalue weighted by Gasteiger charge is -2.25. The maximum atomic E-state index is 9.64. The van der Waals surface area contributed by atoms with Gasteiger partial charge < -0.3 is 5.32 Å². The third-order valence-electron chi connectivity index (χ3n) is 3.64. The van der Waals surface area contributed by atoms with Gasteiger partial charge in [0.15, 0.2) is 5.54 Å². The molecule has 19 heavy (non-hydrogen) atoms. The van der Waals surface area contributed by atoms with Crippen LogP contribution in [0.1, 0.15) is 17.5 Å². The van der Waals surface area contributed by atoms with E-state index in [9.17, 15) is 5.26 Å². The molecule has 1 unspecified atom stereocenters. The van der Waals surface area contributed by atoms with Crippen LogP contribution in [-0.4, -0.2) is 0 Å². The number of benzene rings is 2. The lowest BCUT2D eigenvalue weighted by molar-refractivity contribution is 0.621. The van der Waals surface area contributed by atoms with Crippen molar-refractivity contribution in [1.29, 1.82) is 5.26 Å². The Kier molecular flexibility index (Phi) is 2.93. The molecule has 2 aromatic carbocycles. The number of nitrogens with zero attached hydrogens (tertiary/aromatic N) is 1. The summed E-state index contributed by atoms with van der Waals surface area (Å²) in [6.07, 6.45) is 1.73. The fourth-order valence-corrected chi connectivity index (χ4v) is 2.79. The molecule has 0 fully saturated rings. The van der Waals surface area contributed by atoms with Gasteiger partial charge in [-0.2, -0.15) is 5.26 Å². The van der Waals surface area contributed by atoms with Gasteiger partial charge in [0, 0.05) is 10.7 Å². The van der Waals surface area contributed by atoms with E-state index in [2.05, 4.69) is 17.5 Å². The zero-order valence-corrected chi connectivity index (χ0v) is 11.1. The molecule has 0 heterocycles. The van der Waals surface area contributed by atoms with Crippen LogP contribution in [0.4, 0.5) is 5.69 Å². The SMILES string of the molecule is N#CC1(Nc2ccc(Cl)cc2)CCc2ccccc21. The van der Waals surface area contributed by atoms with E-state index in [4.69, 9.17) is 11.6 Å². The van der Waals surface area contributed by atoms with Crippen molar-refractivity contribution in [1.82, 2.24) is 0 Å². The van der Waals surface area contributed by atoms with Crippen molar-refractivity contribution in [2.24, 2.45) is 0 Å². The highest BCUT2D eigenvalue weighted by Gasteiger charge is 2.38. The largest absolute Gasteiger partial charge is 0.364 e. The van der Waals surface area contributed by atoms with Crippen molar-refractivity contribution < 1.29 is 0 Å². The van der Waals surface area contributed by atoms with Gasteiger partial charge in [-0.3, -0.25) is 0 Å². The molecule has 0 radical (unpaired) electrons. The van der Waals surface area contributed by atoms with Crippen LogP contribution in [-0.2, 0) is 12.0 Å². The molecule has 3 rings (SSSR count). The van der Waals surface area contributed by atoms with Crippen LogP contribution < -0.4 is 5.32 Å². The first kappa shape index (κ1) is 12.1. The van der Waals surface area contributed by atoms with Gasteiger partial charge in [-0.15, -0.1) is 0 Å². The molecule has 3 heteroatoms. The maximum absolute atomic E-state index is 9.64. The Hall–Kier alpha value is -1.98. The van der Waals surface area contributed by atoms with E-state index in [1.807, 2.05) is 42.5 Å². The summed E-state index contributed by atoms with van der Waals surface area (Å²) in [7, 11) is 0. The molecule has 0 saturated carbocycles. The average Bonchev–Trinajstić information content (AvgIpc) is 2.81. The lowest BCUT2D eigenvalue weighted by atomic mass is 9.93. The summed E-state index contributed by atoms with van der Waals surface area (Å²) >= 11 is 5.89. The highest BCUT2D eigenvalue weighted by Crippen LogP contribution is 2.39. The van der Waals surface area contributed by atoms with Gasteiger partial charge in [0.1, 0.15) is 0 Å². The minimum atomic E-state index is -0.621. The van der Waals surface area contributed by atoms with Gasteiger partial charge in [-0.1, -0.05) is 35.9 Å². The summed E-state index contributed by atoms with van der Waals surface area (Å²) in [6.45, 7) is 0. The van der Waals surface area contributed by atoms with Crippen LogP contribution in [0, 0.1) is 11.3 Å². The van der Waals surface area contributed by atoms with Crippen molar-refractivity contribution in [2.75, 3.05) is 5.32 Å². The minimum absolute atomic E-state index is 0.621. The third kappa shape index (κ3) is 2.07. The quantitative estimate of drug-likeness (QED) is 0.889. The molecule has 2 nitrogen and oxygen atoms in total. The van der Waals surface area contributed by atoms with Crippen molar-refractivity contribution in [3.63, 3.8) is 0 Å². The van der Waals surface area contributed by atoms with Crippen molar-refractivity contribution in [3.05, 3.63) is 64.7 Å². The number of halogens is 1. The molecule has 0 saturated heterocycles. The first-order valence-electron chi connectivity index (χ1n) is 6.27. The number of nitrogens with one attached hydrogen (secondary N) is 1. The zero-order valence-electron chi connectivity index (χ0n) is 10.4. The molecular weight excluding hydrogens is 256 g/mol. The molecule has 0 spiro atoms. The molecule has 1 atom stereocenters. The fourth-order valence-electron chi connectivity index (χ4n) is 2.67. The van der Waals surface area contributed by atoms with Crippen molar-refractivity contribution in [3.8, 4) is 6.07 Å². The highest BCUT2D eigenvalue weighted by atomic mass is 35.5. The Morgan fingerprint density at radius 3 is 2.58 bits per heavy atom. The van der Waals surface area contributed by atoms with E-state index in [0.29, 0.717) is 5.02 Å². The van der Waals surface area contributed by atoms with E-state index in [1.54, 1.807) is 0 Å². The number of rotatable bonds is 2. The summed E-state index contributed by atoms with van der Waals surface area (Å²) in [4.78, 5) is 0. The summed E-state index contributed by atoms with van der Waals surface area (Å²) in [5.41, 5.74) is 2.64. The molecule has 94 valence electrons. The number of hydrogen-bond donors (Lipinski definition) is 1. The topological polar surface area (TPSA) is 35.8 Å². The van der Waals surface area contributed by atoms with Gasteiger partial charge in [0.05, 0.1) is 6.07 Å². The van der Waals surface area contributed by atoms with Crippen molar-refractivity contribution in [2.45, 2.75) is 18.4 Å². The van der Waals surface area contributed by atoms with Gasteiger partial charge >= 0.3 is 0 Å². The van der Waals surface area contributed by atoms with Crippen LogP contribution in [0.5, 0.6) is 0 Å². The highest BCUT2D eigenvalue weighted by molar-refractivity contribution is 6.30. The zero-order chi connectivity index (χ0) is 13.3. The van der Waals surface area contributed by atoms with Crippen LogP contribution in [0.25, 0.3) is 0 Å². The van der Waals surface area contributed by atoms with E-state index in [0.717, 1.165) is 24.1 Å². The maximum Gasteiger partial charge on any atom is 0.151 e. The smallest absolute Gasteiger partial charge is 0.151 e. The summed E-state index contributed by atoms with van der Waals surface area (Å²) in [6, 6.07) is 18.1. The fraction of sp³-hybridized carbons (Fsp3) is 0.188. The Morgan fingerprint density at radius 1 is 1.11 bits per heavy atom. The molecule has 0 bridgehead atoms. The predicted molar refractivity (Wildman–Crippen MR) is 77.1 cm³/mol. The number of fused-ring (bicyclic) bond motifs is 1. The lowest BCUT2D eigenvalue weighted by Crippen LogP contribution is -2.30. The number of aryl methyl sites for hydroxylation is 1. The van der Waals surface area contributed by atoms with E-state index in [-0.39, 0.29) is 0 Å². The molecule has 0 aromatic heterocycles. The summed E-state index contributed by atoms with van der Waals surface area (Å²) in [5, 5.41) is 13.7. The number of anilines is 1. The second kappa shape index (κ2) is 4.60. The Balaban J connectivity index is 1.98. The molecule has 1 aliphatic carbocycles. The van der Waals surface area contributed by atoms with Crippen LogP contribution in [0.15, 0.2) is 48.5 Å². The van der Waals surface area contributed by atoms with E-state index in [1.165, 1.54) is 5.56 Å². The Morgan fingerprint density at radius 2 is 1.84 bits per heavy atom. The van der Waals surface area contributed by atoms with E-state index >= 15 is 0 Å². The van der Waals surface area contributed by atoms with Crippen molar-refractivity contribution >= 4 is 17.3 Å². The summed E-state index contributed by atoms with van der Waals surface area (Å²) < 4.78 is 0. The molecule has 1 N–H and O–H groups in total. The van der Waals surface area contributed by atoms with Gasteiger partial charge in [0.25, 0.3) is 0 Å². The van der Waals surface area contributed by atoms with E-state index < -0.39 is 5.54 Å². The first-order valence-corrected chi connectivity index (χ1v) is 6.65. The molecule has 2 aromatic rings. The molecule has 0 amide bonds.